The molecule has 0 aliphatic rings. The van der Waals surface area contributed by atoms with Crippen LogP contribution in [0.4, 0.5) is 10.1 Å². The van der Waals surface area contributed by atoms with Crippen LogP contribution in [0.5, 0.6) is 23.0 Å². The van der Waals surface area contributed by atoms with Gasteiger partial charge in [-0.2, -0.15) is 0 Å². The number of rotatable bonds is 7. The van der Waals surface area contributed by atoms with Gasteiger partial charge in [-0.25, -0.2) is 4.39 Å². The molecular formula is C20H21FN2O5. The van der Waals surface area contributed by atoms with Crippen molar-refractivity contribution in [1.82, 2.24) is 4.98 Å². The van der Waals surface area contributed by atoms with Gasteiger partial charge in [0, 0.05) is 23.2 Å². The van der Waals surface area contributed by atoms with E-state index in [1.54, 1.807) is 25.1 Å². The fourth-order valence-corrected chi connectivity index (χ4v) is 2.91. The van der Waals surface area contributed by atoms with Crippen LogP contribution in [0.1, 0.15) is 17.4 Å². The summed E-state index contributed by atoms with van der Waals surface area (Å²) in [6.07, 6.45) is 0. The number of halogens is 1. The standard InChI is InChI=1S/C20H21FN2O5/c1-5-28-15-7-6-11(8-13(15)21)22-20(24)14-9-12-16(25-2)10-17(26-3)19(27-4)18(12)23-14/h6-10,23H,5H2,1-4H3,(H,22,24). The number of benzene rings is 2. The molecule has 0 spiro atoms. The lowest BCUT2D eigenvalue weighted by atomic mass is 10.2. The molecule has 0 bridgehead atoms. The summed E-state index contributed by atoms with van der Waals surface area (Å²) in [7, 11) is 4.54. The number of H-pyrrole nitrogens is 1. The molecule has 0 saturated carbocycles. The Labute approximate surface area is 161 Å². The second-order valence-electron chi connectivity index (χ2n) is 5.82. The monoisotopic (exact) mass is 388 g/mol. The van der Waals surface area contributed by atoms with Gasteiger partial charge in [-0.15, -0.1) is 0 Å². The number of aromatic amines is 1. The van der Waals surface area contributed by atoms with Crippen molar-refractivity contribution in [1.29, 1.82) is 0 Å². The number of carbonyl (C=O) groups is 1. The van der Waals surface area contributed by atoms with Gasteiger partial charge in [-0.3, -0.25) is 4.79 Å². The number of carbonyl (C=O) groups excluding carboxylic acids is 1. The maximum absolute atomic E-state index is 14.0. The molecule has 1 heterocycles. The summed E-state index contributed by atoms with van der Waals surface area (Å²) in [6, 6.07) is 7.56. The molecule has 8 heteroatoms. The minimum absolute atomic E-state index is 0.132. The van der Waals surface area contributed by atoms with E-state index in [0.29, 0.717) is 40.4 Å². The van der Waals surface area contributed by atoms with Crippen LogP contribution in [0.25, 0.3) is 10.9 Å². The highest BCUT2D eigenvalue weighted by Gasteiger charge is 2.20. The van der Waals surface area contributed by atoms with Crippen LogP contribution < -0.4 is 24.3 Å². The molecule has 0 atom stereocenters. The first-order chi connectivity index (χ1) is 13.5. The van der Waals surface area contributed by atoms with E-state index in [4.69, 9.17) is 18.9 Å². The molecule has 2 N–H and O–H groups in total. The van der Waals surface area contributed by atoms with Crippen molar-refractivity contribution in [3.8, 4) is 23.0 Å². The third-order valence-electron chi connectivity index (χ3n) is 4.17. The van der Waals surface area contributed by atoms with E-state index in [0.717, 1.165) is 0 Å². The normalized spacial score (nSPS) is 10.6. The van der Waals surface area contributed by atoms with Crippen LogP contribution in [0, 0.1) is 5.82 Å². The lowest BCUT2D eigenvalue weighted by Crippen LogP contribution is -2.12. The molecule has 0 fully saturated rings. The van der Waals surface area contributed by atoms with E-state index in [1.807, 2.05) is 0 Å². The molecule has 1 aromatic heterocycles. The topological polar surface area (TPSA) is 81.8 Å². The number of hydrogen-bond donors (Lipinski definition) is 2. The summed E-state index contributed by atoms with van der Waals surface area (Å²) >= 11 is 0. The Bertz CT molecular complexity index is 1020. The van der Waals surface area contributed by atoms with Crippen LogP contribution >= 0.6 is 0 Å². The van der Waals surface area contributed by atoms with Crippen molar-refractivity contribution in [3.63, 3.8) is 0 Å². The largest absolute Gasteiger partial charge is 0.496 e. The van der Waals surface area contributed by atoms with Gasteiger partial charge in [0.05, 0.1) is 33.5 Å². The first kappa shape index (κ1) is 19.3. The highest BCUT2D eigenvalue weighted by Crippen LogP contribution is 2.41. The molecular weight excluding hydrogens is 367 g/mol. The summed E-state index contributed by atoms with van der Waals surface area (Å²) in [5.74, 6) is 0.577. The fraction of sp³-hybridized carbons (Fsp3) is 0.250. The Morgan fingerprint density at radius 1 is 1.04 bits per heavy atom. The fourth-order valence-electron chi connectivity index (χ4n) is 2.91. The Morgan fingerprint density at radius 2 is 1.79 bits per heavy atom. The molecule has 2 aromatic carbocycles. The average Bonchev–Trinajstić information content (AvgIpc) is 3.14. The van der Waals surface area contributed by atoms with E-state index >= 15 is 0 Å². The van der Waals surface area contributed by atoms with Gasteiger partial charge in [-0.1, -0.05) is 0 Å². The van der Waals surface area contributed by atoms with Crippen molar-refractivity contribution in [2.45, 2.75) is 6.92 Å². The number of amides is 1. The maximum Gasteiger partial charge on any atom is 0.272 e. The SMILES string of the molecule is CCOc1ccc(NC(=O)c2cc3c(OC)cc(OC)c(OC)c3[nH]2)cc1F. The molecule has 0 radical (unpaired) electrons. The Kier molecular flexibility index (Phi) is 5.58. The lowest BCUT2D eigenvalue weighted by molar-refractivity contribution is 0.102. The van der Waals surface area contributed by atoms with Crippen molar-refractivity contribution < 1.29 is 28.1 Å². The molecule has 28 heavy (non-hydrogen) atoms. The van der Waals surface area contributed by atoms with Crippen molar-refractivity contribution in [2.24, 2.45) is 0 Å². The predicted molar refractivity (Wildman–Crippen MR) is 103 cm³/mol. The summed E-state index contributed by atoms with van der Waals surface area (Å²) < 4.78 is 35.3. The number of ether oxygens (including phenoxy) is 4. The Balaban J connectivity index is 1.95. The van der Waals surface area contributed by atoms with Crippen LogP contribution in [0.2, 0.25) is 0 Å². The zero-order valence-corrected chi connectivity index (χ0v) is 16.0. The van der Waals surface area contributed by atoms with Crippen LogP contribution in [-0.2, 0) is 0 Å². The number of aromatic nitrogens is 1. The second-order valence-corrected chi connectivity index (χ2v) is 5.82. The highest BCUT2D eigenvalue weighted by atomic mass is 19.1. The molecule has 0 aliphatic carbocycles. The molecule has 3 aromatic rings. The van der Waals surface area contributed by atoms with Crippen molar-refractivity contribution >= 4 is 22.5 Å². The first-order valence-electron chi connectivity index (χ1n) is 8.57. The number of anilines is 1. The number of hydrogen-bond acceptors (Lipinski definition) is 5. The zero-order valence-electron chi connectivity index (χ0n) is 16.0. The summed E-state index contributed by atoms with van der Waals surface area (Å²) in [4.78, 5) is 15.7. The number of methoxy groups -OCH3 is 3. The predicted octanol–water partition coefficient (Wildman–Crippen LogP) is 3.98. The van der Waals surface area contributed by atoms with Crippen molar-refractivity contribution in [3.05, 3.63) is 41.8 Å². The van der Waals surface area contributed by atoms with Gasteiger partial charge in [0.25, 0.3) is 5.91 Å². The average molecular weight is 388 g/mol. The van der Waals surface area contributed by atoms with Gasteiger partial charge in [0.15, 0.2) is 23.1 Å². The van der Waals surface area contributed by atoms with Gasteiger partial charge in [0.1, 0.15) is 11.4 Å². The van der Waals surface area contributed by atoms with E-state index in [2.05, 4.69) is 10.3 Å². The number of fused-ring (bicyclic) bond motifs is 1. The minimum atomic E-state index is -0.552. The van der Waals surface area contributed by atoms with E-state index in [9.17, 15) is 9.18 Å². The molecule has 3 rings (SSSR count). The smallest absolute Gasteiger partial charge is 0.272 e. The number of nitrogens with one attached hydrogen (secondary N) is 2. The molecule has 0 saturated heterocycles. The molecule has 7 nitrogen and oxygen atoms in total. The van der Waals surface area contributed by atoms with Crippen molar-refractivity contribution in [2.75, 3.05) is 33.3 Å². The lowest BCUT2D eigenvalue weighted by Gasteiger charge is -2.11. The highest BCUT2D eigenvalue weighted by molar-refractivity contribution is 6.08. The third kappa shape index (κ3) is 3.53. The van der Waals surface area contributed by atoms with E-state index < -0.39 is 11.7 Å². The Morgan fingerprint density at radius 3 is 2.39 bits per heavy atom. The minimum Gasteiger partial charge on any atom is -0.496 e. The molecule has 1 amide bonds. The third-order valence-corrected chi connectivity index (χ3v) is 4.17. The van der Waals surface area contributed by atoms with Crippen LogP contribution in [0.3, 0.4) is 0 Å². The summed E-state index contributed by atoms with van der Waals surface area (Å²) in [6.45, 7) is 2.12. The molecule has 148 valence electrons. The zero-order chi connectivity index (χ0) is 20.3. The van der Waals surface area contributed by atoms with E-state index in [1.165, 1.54) is 33.5 Å². The van der Waals surface area contributed by atoms with Crippen LogP contribution in [0.15, 0.2) is 30.3 Å². The molecule has 0 aliphatic heterocycles. The first-order valence-corrected chi connectivity index (χ1v) is 8.57. The van der Waals surface area contributed by atoms with Gasteiger partial charge < -0.3 is 29.2 Å². The van der Waals surface area contributed by atoms with Crippen LogP contribution in [-0.4, -0.2) is 38.8 Å². The Hall–Kier alpha value is -3.42. The van der Waals surface area contributed by atoms with E-state index in [-0.39, 0.29) is 11.4 Å². The summed E-state index contributed by atoms with van der Waals surface area (Å²) in [5.41, 5.74) is 1.12. The second kappa shape index (κ2) is 8.08. The quantitative estimate of drug-likeness (QED) is 0.640. The van der Waals surface area contributed by atoms with Gasteiger partial charge in [-0.05, 0) is 25.1 Å². The van der Waals surface area contributed by atoms with Gasteiger partial charge in [0.2, 0.25) is 0 Å². The van der Waals surface area contributed by atoms with Gasteiger partial charge >= 0.3 is 0 Å². The molecule has 0 unspecified atom stereocenters. The summed E-state index contributed by atoms with van der Waals surface area (Å²) in [5, 5.41) is 3.31. The maximum atomic E-state index is 14.0.